The normalized spacial score (nSPS) is 11.0. The number of carbonyl (C=O) groups excluding carboxylic acids is 1. The van der Waals surface area contributed by atoms with Crippen molar-refractivity contribution in [3.05, 3.63) is 54.1 Å². The van der Waals surface area contributed by atoms with Crippen LogP contribution in [0, 0.1) is 5.82 Å². The molecule has 0 saturated carbocycles. The first-order chi connectivity index (χ1) is 9.85. The van der Waals surface area contributed by atoms with Crippen LogP contribution in [0.15, 0.2) is 42.7 Å². The van der Waals surface area contributed by atoms with Crippen molar-refractivity contribution in [1.29, 1.82) is 0 Å². The molecule has 0 fully saturated rings. The summed E-state index contributed by atoms with van der Waals surface area (Å²) in [6.45, 7) is 0. The molecular formula is C12H11FN4O3S. The third-order valence-electron chi connectivity index (χ3n) is 2.40. The number of hydrogen-bond donors (Lipinski definition) is 3. The molecule has 110 valence electrons. The van der Waals surface area contributed by atoms with Gasteiger partial charge in [0.2, 0.25) is 0 Å². The fourth-order valence-electron chi connectivity index (χ4n) is 1.58. The Morgan fingerprint density at radius 2 is 1.95 bits per heavy atom. The van der Waals surface area contributed by atoms with Crippen LogP contribution in [0.1, 0.15) is 10.4 Å². The number of benzene rings is 1. The van der Waals surface area contributed by atoms with Crippen LogP contribution in [-0.4, -0.2) is 19.3 Å². The van der Waals surface area contributed by atoms with Gasteiger partial charge in [0.05, 0.1) is 17.4 Å². The molecule has 0 radical (unpaired) electrons. The lowest BCUT2D eigenvalue weighted by atomic mass is 10.2. The van der Waals surface area contributed by atoms with Crippen LogP contribution in [0.4, 0.5) is 15.8 Å². The van der Waals surface area contributed by atoms with Gasteiger partial charge in [-0.15, -0.1) is 0 Å². The minimum atomic E-state index is -3.91. The molecule has 0 aliphatic rings. The zero-order valence-electron chi connectivity index (χ0n) is 10.6. The highest BCUT2D eigenvalue weighted by Crippen LogP contribution is 2.17. The number of nitrogens with zero attached hydrogens (tertiary/aromatic N) is 1. The Morgan fingerprint density at radius 1 is 1.24 bits per heavy atom. The van der Waals surface area contributed by atoms with Crippen LogP contribution in [0.25, 0.3) is 0 Å². The molecule has 0 spiro atoms. The van der Waals surface area contributed by atoms with Gasteiger partial charge in [-0.1, -0.05) is 6.07 Å². The van der Waals surface area contributed by atoms with E-state index in [9.17, 15) is 17.6 Å². The van der Waals surface area contributed by atoms with Gasteiger partial charge in [-0.25, -0.2) is 9.53 Å². The maximum atomic E-state index is 13.4. The van der Waals surface area contributed by atoms with E-state index in [-0.39, 0.29) is 16.9 Å². The van der Waals surface area contributed by atoms with E-state index in [4.69, 9.17) is 5.14 Å². The summed E-state index contributed by atoms with van der Waals surface area (Å²) in [6.07, 6.45) is 2.21. The maximum absolute atomic E-state index is 13.4. The van der Waals surface area contributed by atoms with Crippen LogP contribution in [0.5, 0.6) is 0 Å². The third kappa shape index (κ3) is 4.23. The van der Waals surface area contributed by atoms with E-state index in [2.05, 4.69) is 15.0 Å². The highest BCUT2D eigenvalue weighted by molar-refractivity contribution is 7.90. The lowest BCUT2D eigenvalue weighted by molar-refractivity contribution is 0.102. The second kappa shape index (κ2) is 5.85. The summed E-state index contributed by atoms with van der Waals surface area (Å²) in [5.74, 6) is -1.43. The summed E-state index contributed by atoms with van der Waals surface area (Å²) in [5, 5.41) is 7.29. The van der Waals surface area contributed by atoms with Crippen LogP contribution in [0.3, 0.4) is 0 Å². The monoisotopic (exact) mass is 310 g/mol. The first kappa shape index (κ1) is 14.9. The molecular weight excluding hydrogens is 299 g/mol. The summed E-state index contributed by atoms with van der Waals surface area (Å²) in [4.78, 5) is 15.4. The molecule has 21 heavy (non-hydrogen) atoms. The smallest absolute Gasteiger partial charge is 0.296 e. The van der Waals surface area contributed by atoms with E-state index in [1.807, 2.05) is 0 Å². The van der Waals surface area contributed by atoms with Crippen molar-refractivity contribution in [3.63, 3.8) is 0 Å². The van der Waals surface area contributed by atoms with Gasteiger partial charge < -0.3 is 5.32 Å². The molecule has 0 unspecified atom stereocenters. The highest BCUT2D eigenvalue weighted by Gasteiger charge is 2.12. The lowest BCUT2D eigenvalue weighted by Crippen LogP contribution is -2.21. The fourth-order valence-corrected chi connectivity index (χ4v) is 2.04. The number of anilines is 2. The van der Waals surface area contributed by atoms with Gasteiger partial charge in [0.15, 0.2) is 5.82 Å². The van der Waals surface area contributed by atoms with Crippen molar-refractivity contribution in [3.8, 4) is 0 Å². The minimum Gasteiger partial charge on any atom is -0.322 e. The van der Waals surface area contributed by atoms with Gasteiger partial charge in [0.25, 0.3) is 16.1 Å². The molecule has 0 aliphatic carbocycles. The topological polar surface area (TPSA) is 114 Å². The summed E-state index contributed by atoms with van der Waals surface area (Å²) < 4.78 is 37.3. The number of carbonyl (C=O) groups is 1. The van der Waals surface area contributed by atoms with E-state index >= 15 is 0 Å². The number of rotatable bonds is 4. The molecule has 0 saturated heterocycles. The fraction of sp³-hybridized carbons (Fsp3) is 0. The lowest BCUT2D eigenvalue weighted by Gasteiger charge is -2.08. The Bertz CT molecular complexity index is 780. The second-order valence-electron chi connectivity index (χ2n) is 4.04. The summed E-state index contributed by atoms with van der Waals surface area (Å²) >= 11 is 0. The molecule has 0 atom stereocenters. The van der Waals surface area contributed by atoms with Crippen molar-refractivity contribution in [2.24, 2.45) is 5.14 Å². The number of aromatic nitrogens is 1. The molecule has 9 heteroatoms. The zero-order chi connectivity index (χ0) is 15.5. The van der Waals surface area contributed by atoms with Crippen LogP contribution in [0.2, 0.25) is 0 Å². The van der Waals surface area contributed by atoms with Gasteiger partial charge in [-0.05, 0) is 24.3 Å². The molecule has 1 aromatic carbocycles. The largest absolute Gasteiger partial charge is 0.322 e. The van der Waals surface area contributed by atoms with Gasteiger partial charge >= 0.3 is 0 Å². The Balaban J connectivity index is 2.19. The number of amides is 1. The average Bonchev–Trinajstić information content (AvgIpc) is 2.37. The summed E-state index contributed by atoms with van der Waals surface area (Å²) in [7, 11) is -3.91. The van der Waals surface area contributed by atoms with Gasteiger partial charge in [0.1, 0.15) is 0 Å². The van der Waals surface area contributed by atoms with Crippen LogP contribution in [-0.2, 0) is 10.2 Å². The maximum Gasteiger partial charge on any atom is 0.296 e. The molecule has 4 N–H and O–H groups in total. The number of nitrogens with one attached hydrogen (secondary N) is 2. The van der Waals surface area contributed by atoms with E-state index < -0.39 is 21.9 Å². The van der Waals surface area contributed by atoms with Gasteiger partial charge in [0, 0.05) is 11.9 Å². The Labute approximate surface area is 120 Å². The van der Waals surface area contributed by atoms with Crippen molar-refractivity contribution in [1.82, 2.24) is 4.98 Å². The number of pyridine rings is 1. The quantitative estimate of drug-likeness (QED) is 0.784. The third-order valence-corrected chi connectivity index (χ3v) is 2.92. The predicted molar refractivity (Wildman–Crippen MR) is 75.3 cm³/mol. The molecule has 1 heterocycles. The predicted octanol–water partition coefficient (Wildman–Crippen LogP) is 1.09. The van der Waals surface area contributed by atoms with E-state index in [1.54, 1.807) is 0 Å². The number of halogens is 1. The molecule has 2 rings (SSSR count). The molecule has 2 aromatic rings. The standard InChI is InChI=1S/C12H11FN4O3S/c13-11-7-15-5-4-10(11)12(18)16-8-2-1-3-9(6-8)17-21(14,19)20/h1-7,17H,(H,16,18)(H2,14,19,20). The van der Waals surface area contributed by atoms with Crippen molar-refractivity contribution in [2.45, 2.75) is 0 Å². The van der Waals surface area contributed by atoms with Crippen LogP contribution >= 0.6 is 0 Å². The van der Waals surface area contributed by atoms with Gasteiger partial charge in [-0.3, -0.25) is 14.5 Å². The summed E-state index contributed by atoms with van der Waals surface area (Å²) in [6, 6.07) is 7.06. The Kier molecular flexibility index (Phi) is 4.15. The van der Waals surface area contributed by atoms with Crippen LogP contribution < -0.4 is 15.2 Å². The number of hydrogen-bond acceptors (Lipinski definition) is 4. The highest BCUT2D eigenvalue weighted by atomic mass is 32.2. The first-order valence-corrected chi connectivity index (χ1v) is 7.21. The SMILES string of the molecule is NS(=O)(=O)Nc1cccc(NC(=O)c2ccncc2F)c1. The summed E-state index contributed by atoms with van der Waals surface area (Å²) in [5.41, 5.74) is 0.283. The van der Waals surface area contributed by atoms with Gasteiger partial charge in [-0.2, -0.15) is 8.42 Å². The number of nitrogens with two attached hydrogens (primary N) is 1. The Hall–Kier alpha value is -2.52. The molecule has 0 aliphatic heterocycles. The Morgan fingerprint density at radius 3 is 2.62 bits per heavy atom. The van der Waals surface area contributed by atoms with Crippen molar-refractivity contribution < 1.29 is 17.6 Å². The van der Waals surface area contributed by atoms with Crippen molar-refractivity contribution >= 4 is 27.5 Å². The van der Waals surface area contributed by atoms with E-state index in [0.717, 1.165) is 6.20 Å². The average molecular weight is 310 g/mol. The first-order valence-electron chi connectivity index (χ1n) is 5.66. The second-order valence-corrected chi connectivity index (χ2v) is 5.33. The van der Waals surface area contributed by atoms with Crippen molar-refractivity contribution in [2.75, 3.05) is 10.0 Å². The van der Waals surface area contributed by atoms with E-state index in [0.29, 0.717) is 0 Å². The zero-order valence-corrected chi connectivity index (χ0v) is 11.4. The van der Waals surface area contributed by atoms with E-state index in [1.165, 1.54) is 36.5 Å². The molecule has 7 nitrogen and oxygen atoms in total. The molecule has 1 amide bonds. The molecule has 1 aromatic heterocycles. The minimum absolute atomic E-state index is 0.171. The molecule has 0 bridgehead atoms.